The molecule has 3 nitrogen and oxygen atoms in total. The van der Waals surface area contributed by atoms with Crippen LogP contribution in [0.25, 0.3) is 0 Å². The highest BCUT2D eigenvalue weighted by molar-refractivity contribution is 5.79. The molecule has 168 valence electrons. The third-order valence-electron chi connectivity index (χ3n) is 10.6. The van der Waals surface area contributed by atoms with Crippen molar-refractivity contribution in [2.45, 2.75) is 110 Å². The number of ketones is 1. The molecular weight excluding hydrogens is 370 g/mol. The van der Waals surface area contributed by atoms with Gasteiger partial charge in [-0.05, 0) is 113 Å². The maximum atomic E-state index is 12.1. The summed E-state index contributed by atoms with van der Waals surface area (Å²) in [6.45, 7) is 13.1. The van der Waals surface area contributed by atoms with E-state index in [1.807, 2.05) is 0 Å². The van der Waals surface area contributed by atoms with Crippen molar-refractivity contribution in [3.8, 4) is 0 Å². The average molecular weight is 414 g/mol. The normalized spacial score (nSPS) is 51.4. The number of Topliss-reactive ketones (excluding diaryl/α,β-unsaturated/α-hetero) is 1. The largest absolute Gasteiger partial charge is 0.366 e. The van der Waals surface area contributed by atoms with Gasteiger partial charge < -0.3 is 10.1 Å². The Morgan fingerprint density at radius 2 is 1.87 bits per heavy atom. The molecule has 1 N–H and O–H groups in total. The standard InChI is InChI=1S/C27H43NO2/c1-16-12-25(18(3)28-15-16)30-27(5)11-9-21-22-7-6-19-13-20(29)8-10-26(19,4)24(22)14-23(21)17(27)2/h16,18-19,21-22,24-25,28H,6-15H2,1-5H3/t16-,18-,19+,21-,22-,24-,25+,26-,27-/m0/s1. The quantitative estimate of drug-likeness (QED) is 0.592. The molecule has 5 aliphatic rings. The van der Waals surface area contributed by atoms with Gasteiger partial charge in [0.2, 0.25) is 0 Å². The van der Waals surface area contributed by atoms with E-state index in [2.05, 4.69) is 39.9 Å². The van der Waals surface area contributed by atoms with Crippen molar-refractivity contribution in [3.63, 3.8) is 0 Å². The third-order valence-corrected chi connectivity index (χ3v) is 10.6. The van der Waals surface area contributed by atoms with Gasteiger partial charge in [-0.15, -0.1) is 0 Å². The van der Waals surface area contributed by atoms with Gasteiger partial charge in [0.15, 0.2) is 0 Å². The number of fused-ring (bicyclic) bond motifs is 5. The van der Waals surface area contributed by atoms with E-state index in [1.54, 1.807) is 11.1 Å². The topological polar surface area (TPSA) is 38.3 Å². The molecule has 0 radical (unpaired) electrons. The minimum Gasteiger partial charge on any atom is -0.366 e. The second-order valence-corrected chi connectivity index (χ2v) is 12.2. The summed E-state index contributed by atoms with van der Waals surface area (Å²) in [5, 5.41) is 3.66. The van der Waals surface area contributed by atoms with E-state index in [0.717, 1.165) is 43.6 Å². The first-order valence-corrected chi connectivity index (χ1v) is 12.8. The number of ether oxygens (including phenoxy) is 1. The SMILES string of the molecule is CC1=C2C[C@H]3[C@@H](CC[C@@H]4CC(=O)CC[C@@]43C)[C@@H]2CC[C@]1(C)O[C@@H]1C[C@H](C)CN[C@H]1C. The first-order chi connectivity index (χ1) is 14.2. The lowest BCUT2D eigenvalue weighted by Gasteiger charge is -2.52. The summed E-state index contributed by atoms with van der Waals surface area (Å²) in [7, 11) is 0. The summed E-state index contributed by atoms with van der Waals surface area (Å²) in [5.41, 5.74) is 3.60. The summed E-state index contributed by atoms with van der Waals surface area (Å²) >= 11 is 0. The lowest BCUT2D eigenvalue weighted by Crippen LogP contribution is -2.51. The first-order valence-electron chi connectivity index (χ1n) is 12.8. The fourth-order valence-corrected chi connectivity index (χ4v) is 8.35. The number of rotatable bonds is 2. The minimum atomic E-state index is -0.0974. The molecule has 1 aliphatic heterocycles. The molecule has 1 saturated heterocycles. The molecule has 0 aromatic carbocycles. The van der Waals surface area contributed by atoms with E-state index in [9.17, 15) is 4.79 Å². The fourth-order valence-electron chi connectivity index (χ4n) is 8.35. The lowest BCUT2D eigenvalue weighted by molar-refractivity contribution is -0.129. The number of carbonyl (C=O) groups excluding carboxylic acids is 1. The molecule has 0 spiro atoms. The molecule has 3 heteroatoms. The van der Waals surface area contributed by atoms with Crippen molar-refractivity contribution >= 4 is 5.78 Å². The second-order valence-electron chi connectivity index (χ2n) is 12.2. The maximum absolute atomic E-state index is 12.1. The molecule has 9 atom stereocenters. The molecule has 30 heavy (non-hydrogen) atoms. The number of allylic oxidation sites excluding steroid dienone is 1. The Bertz CT molecular complexity index is 743. The number of piperidine rings is 1. The summed E-state index contributed by atoms with van der Waals surface area (Å²) < 4.78 is 6.96. The van der Waals surface area contributed by atoms with Gasteiger partial charge in [0.05, 0.1) is 11.7 Å². The molecule has 5 rings (SSSR count). The van der Waals surface area contributed by atoms with Gasteiger partial charge >= 0.3 is 0 Å². The summed E-state index contributed by atoms with van der Waals surface area (Å²) in [6, 6.07) is 0.444. The zero-order chi connectivity index (χ0) is 21.3. The van der Waals surface area contributed by atoms with Crippen molar-refractivity contribution < 1.29 is 9.53 Å². The predicted molar refractivity (Wildman–Crippen MR) is 121 cm³/mol. The number of carbonyl (C=O) groups is 1. The van der Waals surface area contributed by atoms with Crippen LogP contribution in [0.15, 0.2) is 11.1 Å². The van der Waals surface area contributed by atoms with Crippen molar-refractivity contribution in [2.24, 2.45) is 35.0 Å². The van der Waals surface area contributed by atoms with Crippen LogP contribution in [0.1, 0.15) is 92.4 Å². The van der Waals surface area contributed by atoms with Crippen LogP contribution in [0.3, 0.4) is 0 Å². The van der Waals surface area contributed by atoms with E-state index < -0.39 is 0 Å². The number of hydrogen-bond donors (Lipinski definition) is 1. The van der Waals surface area contributed by atoms with Crippen molar-refractivity contribution in [3.05, 3.63) is 11.1 Å². The van der Waals surface area contributed by atoms with Crippen LogP contribution < -0.4 is 5.32 Å². The fraction of sp³-hybridized carbons (Fsp3) is 0.889. The van der Waals surface area contributed by atoms with Gasteiger partial charge in [0.1, 0.15) is 5.78 Å². The van der Waals surface area contributed by atoms with Gasteiger partial charge in [0, 0.05) is 18.9 Å². The Morgan fingerprint density at radius 3 is 2.67 bits per heavy atom. The maximum Gasteiger partial charge on any atom is 0.133 e. The van der Waals surface area contributed by atoms with E-state index >= 15 is 0 Å². The van der Waals surface area contributed by atoms with Crippen LogP contribution in [0, 0.1) is 35.0 Å². The highest BCUT2D eigenvalue weighted by atomic mass is 16.5. The van der Waals surface area contributed by atoms with E-state index in [-0.39, 0.29) is 5.60 Å². The van der Waals surface area contributed by atoms with Gasteiger partial charge in [-0.2, -0.15) is 0 Å². The smallest absolute Gasteiger partial charge is 0.133 e. The second kappa shape index (κ2) is 7.44. The van der Waals surface area contributed by atoms with Crippen LogP contribution >= 0.6 is 0 Å². The van der Waals surface area contributed by atoms with Crippen LogP contribution in [0.4, 0.5) is 0 Å². The highest BCUT2D eigenvalue weighted by Crippen LogP contribution is 2.64. The predicted octanol–water partition coefficient (Wildman–Crippen LogP) is 5.68. The van der Waals surface area contributed by atoms with Crippen LogP contribution in [0.5, 0.6) is 0 Å². The lowest BCUT2D eigenvalue weighted by atomic mass is 9.52. The Balaban J connectivity index is 1.40. The van der Waals surface area contributed by atoms with Gasteiger partial charge in [-0.1, -0.05) is 19.4 Å². The van der Waals surface area contributed by atoms with Crippen molar-refractivity contribution in [2.75, 3.05) is 6.54 Å². The van der Waals surface area contributed by atoms with E-state index in [0.29, 0.717) is 35.2 Å². The minimum absolute atomic E-state index is 0.0974. The van der Waals surface area contributed by atoms with Crippen molar-refractivity contribution in [1.82, 2.24) is 5.32 Å². The Morgan fingerprint density at radius 1 is 1.07 bits per heavy atom. The highest BCUT2D eigenvalue weighted by Gasteiger charge is 2.57. The molecule has 0 aromatic heterocycles. The zero-order valence-corrected chi connectivity index (χ0v) is 19.9. The third kappa shape index (κ3) is 3.25. The Hall–Kier alpha value is -0.670. The Labute approximate surface area is 183 Å². The van der Waals surface area contributed by atoms with Gasteiger partial charge in [-0.3, -0.25) is 4.79 Å². The number of nitrogens with one attached hydrogen (secondary N) is 1. The molecule has 0 unspecified atom stereocenters. The zero-order valence-electron chi connectivity index (χ0n) is 19.9. The first kappa shape index (κ1) is 21.2. The molecule has 4 fully saturated rings. The van der Waals surface area contributed by atoms with Crippen LogP contribution in [0.2, 0.25) is 0 Å². The molecule has 0 aromatic rings. The van der Waals surface area contributed by atoms with Gasteiger partial charge in [-0.25, -0.2) is 0 Å². The molecule has 0 bridgehead atoms. The van der Waals surface area contributed by atoms with Crippen LogP contribution in [-0.4, -0.2) is 30.1 Å². The monoisotopic (exact) mass is 413 g/mol. The van der Waals surface area contributed by atoms with E-state index in [4.69, 9.17) is 4.74 Å². The summed E-state index contributed by atoms with van der Waals surface area (Å²) in [6.07, 6.45) is 10.7. The van der Waals surface area contributed by atoms with Crippen LogP contribution in [-0.2, 0) is 9.53 Å². The molecule has 1 heterocycles. The average Bonchev–Trinajstić information content (AvgIpc) is 3.09. The molecule has 0 amide bonds. The summed E-state index contributed by atoms with van der Waals surface area (Å²) in [4.78, 5) is 12.1. The Kier molecular flexibility index (Phi) is 5.26. The van der Waals surface area contributed by atoms with E-state index in [1.165, 1.54) is 38.5 Å². The number of hydrogen-bond acceptors (Lipinski definition) is 3. The molecule has 4 aliphatic carbocycles. The molecular formula is C27H43NO2. The summed E-state index contributed by atoms with van der Waals surface area (Å²) in [5.74, 6) is 4.27. The van der Waals surface area contributed by atoms with Crippen molar-refractivity contribution in [1.29, 1.82) is 0 Å². The molecule has 3 saturated carbocycles. The van der Waals surface area contributed by atoms with Gasteiger partial charge in [0.25, 0.3) is 0 Å².